The molecule has 1 saturated carbocycles. The quantitative estimate of drug-likeness (QED) is 0.901. The van der Waals surface area contributed by atoms with Gasteiger partial charge in [-0.3, -0.25) is 0 Å². The third-order valence-corrected chi connectivity index (χ3v) is 7.06. The Kier molecular flexibility index (Phi) is 4.37. The lowest BCUT2D eigenvalue weighted by atomic mass is 9.78. The Balaban J connectivity index is 1.47. The van der Waals surface area contributed by atoms with Crippen molar-refractivity contribution in [2.45, 2.75) is 55.2 Å². The summed E-state index contributed by atoms with van der Waals surface area (Å²) < 4.78 is 30.4. The van der Waals surface area contributed by atoms with E-state index in [9.17, 15) is 8.42 Å². The van der Waals surface area contributed by atoms with Gasteiger partial charge in [0.15, 0.2) is 15.7 Å². The van der Waals surface area contributed by atoms with E-state index in [1.54, 1.807) is 24.3 Å². The minimum absolute atomic E-state index is 0.222. The molecule has 0 bridgehead atoms. The summed E-state index contributed by atoms with van der Waals surface area (Å²) in [5.41, 5.74) is 1.03. The molecule has 4 rings (SSSR count). The summed E-state index contributed by atoms with van der Waals surface area (Å²) in [5, 5.41) is 7.47. The predicted octanol–water partition coefficient (Wildman–Crippen LogP) is 2.60. The molecule has 2 fully saturated rings. The number of hydrogen-bond acceptors (Lipinski definition) is 6. The number of aryl methyl sites for hydroxylation is 1. The summed E-state index contributed by atoms with van der Waals surface area (Å²) in [6.07, 6.45) is 4.38. The average Bonchev–Trinajstić information content (AvgIpc) is 3.23. The Labute approximate surface area is 147 Å². The SMILES string of the molecule is Cc1ccc(S(=O)(=O)Cc2noc([C@@H]3CC[C@@H]4NCC[C@@H]4C3)n2)cc1. The first-order chi connectivity index (χ1) is 12.0. The van der Waals surface area contributed by atoms with Crippen LogP contribution in [-0.2, 0) is 15.6 Å². The highest BCUT2D eigenvalue weighted by molar-refractivity contribution is 7.90. The molecule has 6 nitrogen and oxygen atoms in total. The molecule has 2 aromatic rings. The third-order valence-electron chi connectivity index (χ3n) is 5.44. The number of fused-ring (bicyclic) bond motifs is 1. The number of benzene rings is 1. The first-order valence-electron chi connectivity index (χ1n) is 8.86. The highest BCUT2D eigenvalue weighted by Crippen LogP contribution is 2.39. The van der Waals surface area contributed by atoms with Crippen LogP contribution >= 0.6 is 0 Å². The van der Waals surface area contributed by atoms with Crippen LogP contribution in [0.1, 0.15) is 48.9 Å². The van der Waals surface area contributed by atoms with Crippen molar-refractivity contribution in [2.24, 2.45) is 5.92 Å². The van der Waals surface area contributed by atoms with Crippen molar-refractivity contribution in [3.05, 3.63) is 41.5 Å². The number of nitrogens with one attached hydrogen (secondary N) is 1. The summed E-state index contributed by atoms with van der Waals surface area (Å²) in [5.74, 6) is 1.55. The molecule has 7 heteroatoms. The standard InChI is InChI=1S/C18H23N3O3S/c1-12-2-5-15(6-3-12)25(22,23)11-17-20-18(24-21-17)14-4-7-16-13(10-14)8-9-19-16/h2-3,5-6,13-14,16,19H,4,7-11H2,1H3/t13-,14-,16+/m1/s1. The topological polar surface area (TPSA) is 85.1 Å². The average molecular weight is 361 g/mol. The highest BCUT2D eigenvalue weighted by Gasteiger charge is 2.36. The Morgan fingerprint density at radius 2 is 2.00 bits per heavy atom. The Bertz CT molecular complexity index is 845. The normalized spacial score (nSPS) is 26.5. The van der Waals surface area contributed by atoms with Crippen molar-refractivity contribution >= 4 is 9.84 Å². The highest BCUT2D eigenvalue weighted by atomic mass is 32.2. The number of rotatable bonds is 4. The Hall–Kier alpha value is -1.73. The molecule has 0 amide bonds. The molecule has 2 aliphatic rings. The van der Waals surface area contributed by atoms with Gasteiger partial charge in [0, 0.05) is 12.0 Å². The number of aromatic nitrogens is 2. The van der Waals surface area contributed by atoms with Crippen LogP contribution in [0.4, 0.5) is 0 Å². The number of hydrogen-bond donors (Lipinski definition) is 1. The van der Waals surface area contributed by atoms with Crippen molar-refractivity contribution in [1.82, 2.24) is 15.5 Å². The van der Waals surface area contributed by atoms with Gasteiger partial charge in [-0.05, 0) is 57.2 Å². The van der Waals surface area contributed by atoms with E-state index in [1.165, 1.54) is 6.42 Å². The zero-order valence-corrected chi connectivity index (χ0v) is 15.1. The van der Waals surface area contributed by atoms with Crippen molar-refractivity contribution in [3.63, 3.8) is 0 Å². The molecule has 25 heavy (non-hydrogen) atoms. The van der Waals surface area contributed by atoms with Crippen LogP contribution in [0.2, 0.25) is 0 Å². The van der Waals surface area contributed by atoms with E-state index in [0.717, 1.165) is 31.4 Å². The molecule has 3 atom stereocenters. The van der Waals surface area contributed by atoms with Crippen LogP contribution in [0.15, 0.2) is 33.7 Å². The van der Waals surface area contributed by atoms with E-state index in [-0.39, 0.29) is 17.5 Å². The predicted molar refractivity (Wildman–Crippen MR) is 92.9 cm³/mol. The molecular weight excluding hydrogens is 338 g/mol. The molecule has 1 aromatic heterocycles. The molecule has 0 radical (unpaired) electrons. The monoisotopic (exact) mass is 361 g/mol. The van der Waals surface area contributed by atoms with Gasteiger partial charge in [0.2, 0.25) is 5.89 Å². The van der Waals surface area contributed by atoms with Gasteiger partial charge in [0.05, 0.1) is 4.90 Å². The van der Waals surface area contributed by atoms with E-state index >= 15 is 0 Å². The van der Waals surface area contributed by atoms with Crippen LogP contribution in [0, 0.1) is 12.8 Å². The summed E-state index contributed by atoms with van der Waals surface area (Å²) in [7, 11) is -3.46. The van der Waals surface area contributed by atoms with Gasteiger partial charge in [0.25, 0.3) is 0 Å². The number of nitrogens with zero attached hydrogens (tertiary/aromatic N) is 2. The minimum Gasteiger partial charge on any atom is -0.339 e. The molecule has 1 aromatic carbocycles. The lowest BCUT2D eigenvalue weighted by molar-refractivity contribution is 0.249. The molecule has 1 aliphatic carbocycles. The fourth-order valence-corrected chi connectivity index (χ4v) is 5.20. The van der Waals surface area contributed by atoms with Gasteiger partial charge in [-0.2, -0.15) is 4.98 Å². The van der Waals surface area contributed by atoms with Crippen molar-refractivity contribution in [1.29, 1.82) is 0 Å². The lowest BCUT2D eigenvalue weighted by Gasteiger charge is -2.29. The van der Waals surface area contributed by atoms with Crippen LogP contribution in [-0.4, -0.2) is 31.1 Å². The third kappa shape index (κ3) is 3.48. The van der Waals surface area contributed by atoms with Crippen LogP contribution in [0.3, 0.4) is 0 Å². The van der Waals surface area contributed by atoms with Gasteiger partial charge in [-0.15, -0.1) is 0 Å². The Morgan fingerprint density at radius 3 is 2.80 bits per heavy atom. The number of sulfone groups is 1. The summed E-state index contributed by atoms with van der Waals surface area (Å²) in [6.45, 7) is 3.02. The van der Waals surface area contributed by atoms with E-state index < -0.39 is 9.84 Å². The van der Waals surface area contributed by atoms with E-state index in [0.29, 0.717) is 22.7 Å². The molecule has 1 aliphatic heterocycles. The molecule has 0 spiro atoms. The first kappa shape index (κ1) is 16.7. The Morgan fingerprint density at radius 1 is 1.20 bits per heavy atom. The first-order valence-corrected chi connectivity index (χ1v) is 10.5. The van der Waals surface area contributed by atoms with Gasteiger partial charge in [0.1, 0.15) is 5.75 Å². The largest absolute Gasteiger partial charge is 0.339 e. The molecule has 2 heterocycles. The smallest absolute Gasteiger partial charge is 0.229 e. The second kappa shape index (κ2) is 6.53. The second-order valence-corrected chi connectivity index (χ2v) is 9.23. The summed E-state index contributed by atoms with van der Waals surface area (Å²) >= 11 is 0. The summed E-state index contributed by atoms with van der Waals surface area (Å²) in [4.78, 5) is 4.69. The van der Waals surface area contributed by atoms with Gasteiger partial charge >= 0.3 is 0 Å². The zero-order chi connectivity index (χ0) is 17.4. The van der Waals surface area contributed by atoms with Crippen LogP contribution < -0.4 is 5.32 Å². The second-order valence-electron chi connectivity index (χ2n) is 7.24. The van der Waals surface area contributed by atoms with Gasteiger partial charge in [-0.1, -0.05) is 22.9 Å². The van der Waals surface area contributed by atoms with Crippen LogP contribution in [0.5, 0.6) is 0 Å². The van der Waals surface area contributed by atoms with E-state index in [4.69, 9.17) is 4.52 Å². The van der Waals surface area contributed by atoms with Gasteiger partial charge < -0.3 is 9.84 Å². The maximum Gasteiger partial charge on any atom is 0.229 e. The van der Waals surface area contributed by atoms with E-state index in [1.807, 2.05) is 6.92 Å². The fourth-order valence-electron chi connectivity index (χ4n) is 4.02. The maximum atomic E-state index is 12.5. The molecule has 134 valence electrons. The van der Waals surface area contributed by atoms with Crippen molar-refractivity contribution < 1.29 is 12.9 Å². The van der Waals surface area contributed by atoms with E-state index in [2.05, 4.69) is 15.5 Å². The minimum atomic E-state index is -3.46. The van der Waals surface area contributed by atoms with Crippen molar-refractivity contribution in [3.8, 4) is 0 Å². The van der Waals surface area contributed by atoms with Crippen molar-refractivity contribution in [2.75, 3.05) is 6.54 Å². The lowest BCUT2D eigenvalue weighted by Crippen LogP contribution is -2.32. The molecule has 1 saturated heterocycles. The van der Waals surface area contributed by atoms with Crippen LogP contribution in [0.25, 0.3) is 0 Å². The molecular formula is C18H23N3O3S. The fraction of sp³-hybridized carbons (Fsp3) is 0.556. The van der Waals surface area contributed by atoms with Gasteiger partial charge in [-0.25, -0.2) is 8.42 Å². The zero-order valence-electron chi connectivity index (χ0n) is 14.3. The maximum absolute atomic E-state index is 12.5. The molecule has 0 unspecified atom stereocenters. The molecule has 1 N–H and O–H groups in total. The summed E-state index contributed by atoms with van der Waals surface area (Å²) in [6, 6.07) is 7.46.